The highest BCUT2D eigenvalue weighted by atomic mass is 19.1. The van der Waals surface area contributed by atoms with Crippen molar-refractivity contribution in [2.75, 3.05) is 11.9 Å². The lowest BCUT2D eigenvalue weighted by molar-refractivity contribution is 0.580. The van der Waals surface area contributed by atoms with Gasteiger partial charge in [-0.1, -0.05) is 0 Å². The molecule has 0 bridgehead atoms. The Labute approximate surface area is 76.0 Å². The van der Waals surface area contributed by atoms with E-state index < -0.39 is 11.6 Å². The lowest BCUT2D eigenvalue weighted by Gasteiger charge is -2.18. The summed E-state index contributed by atoms with van der Waals surface area (Å²) in [5.41, 5.74) is 0.490. The molecule has 0 amide bonds. The van der Waals surface area contributed by atoms with Crippen LogP contribution in [-0.2, 0) is 0 Å². The highest BCUT2D eigenvalue weighted by molar-refractivity contribution is 5.49. The predicted octanol–water partition coefficient (Wildman–Crippen LogP) is 2.56. The zero-order chi connectivity index (χ0) is 9.42. The molecule has 1 fully saturated rings. The summed E-state index contributed by atoms with van der Waals surface area (Å²) >= 11 is 0. The fraction of sp³-hybridized carbons (Fsp3) is 0.400. The summed E-state index contributed by atoms with van der Waals surface area (Å²) in [5.74, 6) is -1.00. The monoisotopic (exact) mass is 183 g/mol. The smallest absolute Gasteiger partial charge is 0.149 e. The number of hydrogen-bond donors (Lipinski definition) is 0. The van der Waals surface area contributed by atoms with Crippen LogP contribution in [0.25, 0.3) is 0 Å². The van der Waals surface area contributed by atoms with Crippen LogP contribution in [0.5, 0.6) is 0 Å². The Balaban J connectivity index is 2.28. The van der Waals surface area contributed by atoms with Gasteiger partial charge in [0.1, 0.15) is 11.6 Å². The van der Waals surface area contributed by atoms with E-state index >= 15 is 0 Å². The van der Waals surface area contributed by atoms with Crippen LogP contribution in [0.15, 0.2) is 18.2 Å². The molecule has 1 saturated carbocycles. The fourth-order valence-corrected chi connectivity index (χ4v) is 1.43. The van der Waals surface area contributed by atoms with Gasteiger partial charge < -0.3 is 4.90 Å². The van der Waals surface area contributed by atoms with E-state index in [1.165, 1.54) is 12.1 Å². The van der Waals surface area contributed by atoms with Crippen molar-refractivity contribution in [3.63, 3.8) is 0 Å². The average molecular weight is 183 g/mol. The molecule has 0 aromatic heterocycles. The van der Waals surface area contributed by atoms with Gasteiger partial charge >= 0.3 is 0 Å². The minimum absolute atomic E-state index is 0.444. The number of rotatable bonds is 2. The lowest BCUT2D eigenvalue weighted by Crippen LogP contribution is -2.20. The van der Waals surface area contributed by atoms with Gasteiger partial charge in [-0.15, -0.1) is 0 Å². The van der Waals surface area contributed by atoms with E-state index in [-0.39, 0.29) is 0 Å². The van der Waals surface area contributed by atoms with Gasteiger partial charge in [-0.25, -0.2) is 8.78 Å². The Bertz CT molecular complexity index is 321. The van der Waals surface area contributed by atoms with E-state index in [9.17, 15) is 8.78 Å². The third kappa shape index (κ3) is 1.64. The molecule has 1 aromatic rings. The topological polar surface area (TPSA) is 3.24 Å². The molecule has 0 spiro atoms. The SMILES string of the molecule is CN(c1ccc(F)cc1F)C1CC1. The van der Waals surface area contributed by atoms with Crippen molar-refractivity contribution < 1.29 is 8.78 Å². The van der Waals surface area contributed by atoms with Gasteiger partial charge in [0.05, 0.1) is 5.69 Å². The molecule has 1 nitrogen and oxygen atoms in total. The summed E-state index contributed by atoms with van der Waals surface area (Å²) < 4.78 is 25.8. The number of halogens is 2. The van der Waals surface area contributed by atoms with Crippen LogP contribution in [-0.4, -0.2) is 13.1 Å². The van der Waals surface area contributed by atoms with E-state index in [0.29, 0.717) is 11.7 Å². The van der Waals surface area contributed by atoms with Gasteiger partial charge in [0, 0.05) is 19.2 Å². The summed E-state index contributed by atoms with van der Waals surface area (Å²) in [7, 11) is 1.84. The van der Waals surface area contributed by atoms with E-state index in [0.717, 1.165) is 18.9 Å². The molecule has 0 saturated heterocycles. The first-order valence-corrected chi connectivity index (χ1v) is 4.36. The number of anilines is 1. The molecule has 1 aliphatic rings. The van der Waals surface area contributed by atoms with Crippen molar-refractivity contribution in [1.82, 2.24) is 0 Å². The molecule has 0 heterocycles. The van der Waals surface area contributed by atoms with Crippen LogP contribution in [0, 0.1) is 11.6 Å². The summed E-state index contributed by atoms with van der Waals surface area (Å²) in [6.45, 7) is 0. The van der Waals surface area contributed by atoms with Gasteiger partial charge in [-0.3, -0.25) is 0 Å². The largest absolute Gasteiger partial charge is 0.369 e. The Morgan fingerprint density at radius 2 is 2.00 bits per heavy atom. The van der Waals surface area contributed by atoms with Gasteiger partial charge in [-0.2, -0.15) is 0 Å². The lowest BCUT2D eigenvalue weighted by atomic mass is 10.2. The van der Waals surface area contributed by atoms with E-state index in [2.05, 4.69) is 0 Å². The van der Waals surface area contributed by atoms with Gasteiger partial charge in [0.25, 0.3) is 0 Å². The molecule has 0 atom stereocenters. The average Bonchev–Trinajstić information content (AvgIpc) is 2.85. The van der Waals surface area contributed by atoms with Crippen LogP contribution in [0.3, 0.4) is 0 Å². The Morgan fingerprint density at radius 1 is 1.31 bits per heavy atom. The highest BCUT2D eigenvalue weighted by Crippen LogP contribution is 2.31. The minimum Gasteiger partial charge on any atom is -0.369 e. The molecule has 13 heavy (non-hydrogen) atoms. The predicted molar refractivity (Wildman–Crippen MR) is 47.8 cm³/mol. The van der Waals surface area contributed by atoms with Gasteiger partial charge in [0.15, 0.2) is 0 Å². The standard InChI is InChI=1S/C10H11F2N/c1-13(8-3-4-8)10-5-2-7(11)6-9(10)12/h2,5-6,8H,3-4H2,1H3. The molecular formula is C10H11F2N. The van der Waals surface area contributed by atoms with Crippen LogP contribution >= 0.6 is 0 Å². The maximum atomic E-state index is 13.2. The quantitative estimate of drug-likeness (QED) is 0.681. The second kappa shape index (κ2) is 2.98. The molecule has 0 radical (unpaired) electrons. The van der Waals surface area contributed by atoms with Crippen molar-refractivity contribution in [2.45, 2.75) is 18.9 Å². The van der Waals surface area contributed by atoms with Gasteiger partial charge in [0.2, 0.25) is 0 Å². The van der Waals surface area contributed by atoms with Crippen LogP contribution in [0.1, 0.15) is 12.8 Å². The van der Waals surface area contributed by atoms with Crippen molar-refractivity contribution >= 4 is 5.69 Å². The van der Waals surface area contributed by atoms with Crippen molar-refractivity contribution in [3.8, 4) is 0 Å². The van der Waals surface area contributed by atoms with Gasteiger partial charge in [-0.05, 0) is 25.0 Å². The molecular weight excluding hydrogens is 172 g/mol. The number of benzene rings is 1. The first kappa shape index (κ1) is 8.48. The van der Waals surface area contributed by atoms with E-state index in [4.69, 9.17) is 0 Å². The zero-order valence-corrected chi connectivity index (χ0v) is 7.43. The first-order valence-electron chi connectivity index (χ1n) is 4.36. The molecule has 1 aliphatic carbocycles. The first-order chi connectivity index (χ1) is 6.18. The van der Waals surface area contributed by atoms with Crippen molar-refractivity contribution in [1.29, 1.82) is 0 Å². The summed E-state index contributed by atoms with van der Waals surface area (Å²) in [4.78, 5) is 1.87. The molecule has 0 N–H and O–H groups in total. The second-order valence-corrected chi connectivity index (χ2v) is 3.44. The zero-order valence-electron chi connectivity index (χ0n) is 7.43. The Kier molecular flexibility index (Phi) is 1.94. The molecule has 2 rings (SSSR count). The van der Waals surface area contributed by atoms with Crippen LogP contribution < -0.4 is 4.90 Å². The molecule has 1 aromatic carbocycles. The summed E-state index contributed by atoms with van der Waals surface area (Å²) in [6, 6.07) is 4.15. The third-order valence-electron chi connectivity index (χ3n) is 2.38. The summed E-state index contributed by atoms with van der Waals surface area (Å²) in [5, 5.41) is 0. The van der Waals surface area contributed by atoms with Crippen LogP contribution in [0.2, 0.25) is 0 Å². The molecule has 70 valence electrons. The summed E-state index contributed by atoms with van der Waals surface area (Å²) in [6.07, 6.45) is 2.21. The third-order valence-corrected chi connectivity index (χ3v) is 2.38. The normalized spacial score (nSPS) is 15.9. The highest BCUT2D eigenvalue weighted by Gasteiger charge is 2.27. The van der Waals surface area contributed by atoms with E-state index in [1.54, 1.807) is 0 Å². The fourth-order valence-electron chi connectivity index (χ4n) is 1.43. The maximum absolute atomic E-state index is 13.2. The molecule has 3 heteroatoms. The second-order valence-electron chi connectivity index (χ2n) is 3.44. The Morgan fingerprint density at radius 3 is 2.54 bits per heavy atom. The maximum Gasteiger partial charge on any atom is 0.149 e. The number of nitrogens with zero attached hydrogens (tertiary/aromatic N) is 1. The van der Waals surface area contributed by atoms with E-state index in [1.807, 2.05) is 11.9 Å². The minimum atomic E-state index is -0.523. The molecule has 0 aliphatic heterocycles. The van der Waals surface area contributed by atoms with Crippen LogP contribution in [0.4, 0.5) is 14.5 Å². The number of hydrogen-bond acceptors (Lipinski definition) is 1. The molecule has 0 unspecified atom stereocenters. The van der Waals surface area contributed by atoms with Crippen molar-refractivity contribution in [2.24, 2.45) is 0 Å². The Hall–Kier alpha value is -1.12. The van der Waals surface area contributed by atoms with Crippen molar-refractivity contribution in [3.05, 3.63) is 29.8 Å².